The van der Waals surface area contributed by atoms with Crippen molar-refractivity contribution in [2.24, 2.45) is 5.92 Å². The monoisotopic (exact) mass is 358 g/mol. The van der Waals surface area contributed by atoms with Crippen LogP contribution in [0.3, 0.4) is 0 Å². The molecule has 2 aliphatic rings. The lowest BCUT2D eigenvalue weighted by molar-refractivity contribution is -0.146. The van der Waals surface area contributed by atoms with Crippen LogP contribution >= 0.6 is 0 Å². The molecule has 2 fully saturated rings. The van der Waals surface area contributed by atoms with Crippen LogP contribution < -0.4 is 5.32 Å². The Morgan fingerprint density at radius 2 is 1.62 bits per heavy atom. The molecule has 0 radical (unpaired) electrons. The number of hydrogen-bond donors (Lipinski definition) is 1. The quantitative estimate of drug-likeness (QED) is 0.841. The van der Waals surface area contributed by atoms with E-state index < -0.39 is 0 Å². The normalized spacial score (nSPS) is 24.1. The van der Waals surface area contributed by atoms with Crippen LogP contribution in [0.15, 0.2) is 24.3 Å². The van der Waals surface area contributed by atoms with E-state index in [2.05, 4.69) is 17.4 Å². The maximum atomic E-state index is 12.8. The van der Waals surface area contributed by atoms with Crippen LogP contribution in [0.1, 0.15) is 60.4 Å². The van der Waals surface area contributed by atoms with E-state index in [0.717, 1.165) is 57.2 Å². The fourth-order valence-corrected chi connectivity index (χ4v) is 4.29. The van der Waals surface area contributed by atoms with Gasteiger partial charge in [0.2, 0.25) is 0 Å². The number of piperidine rings is 1. The number of ether oxygens (including phenoxy) is 1. The molecule has 0 aromatic heterocycles. The summed E-state index contributed by atoms with van der Waals surface area (Å²) >= 11 is 0. The first-order valence-corrected chi connectivity index (χ1v) is 9.75. The minimum atomic E-state index is -0.120. The summed E-state index contributed by atoms with van der Waals surface area (Å²) in [7, 11) is 3.32. The lowest BCUT2D eigenvalue weighted by atomic mass is 9.85. The fraction of sp³-hybridized carbons (Fsp3) is 0.619. The highest BCUT2D eigenvalue weighted by Gasteiger charge is 2.30. The Bertz CT molecular complexity index is 615. The maximum Gasteiger partial charge on any atom is 0.308 e. The van der Waals surface area contributed by atoms with Crippen molar-refractivity contribution in [3.8, 4) is 0 Å². The molecule has 1 aromatic carbocycles. The minimum Gasteiger partial charge on any atom is -0.469 e. The molecular formula is C21H30N2O3. The summed E-state index contributed by atoms with van der Waals surface area (Å²) in [5, 5.41) is 3.39. The van der Waals surface area contributed by atoms with E-state index in [1.54, 1.807) is 0 Å². The molecule has 1 aliphatic carbocycles. The lowest BCUT2D eigenvalue weighted by Crippen LogP contribution is -2.40. The summed E-state index contributed by atoms with van der Waals surface area (Å²) in [6.07, 6.45) is 5.63. The Balaban J connectivity index is 1.57. The number of hydrogen-bond acceptors (Lipinski definition) is 4. The molecule has 1 N–H and O–H groups in total. The van der Waals surface area contributed by atoms with E-state index in [-0.39, 0.29) is 23.8 Å². The van der Waals surface area contributed by atoms with Gasteiger partial charge >= 0.3 is 5.97 Å². The van der Waals surface area contributed by atoms with Gasteiger partial charge in [0.05, 0.1) is 13.0 Å². The van der Waals surface area contributed by atoms with Gasteiger partial charge in [-0.05, 0) is 75.2 Å². The average Bonchev–Trinajstić information content (AvgIpc) is 2.73. The van der Waals surface area contributed by atoms with Crippen LogP contribution in [0.4, 0.5) is 0 Å². The number of esters is 1. The van der Waals surface area contributed by atoms with Crippen molar-refractivity contribution in [1.82, 2.24) is 10.2 Å². The molecule has 1 heterocycles. The first-order chi connectivity index (χ1) is 12.6. The van der Waals surface area contributed by atoms with Crippen molar-refractivity contribution in [2.45, 2.75) is 50.5 Å². The zero-order valence-electron chi connectivity index (χ0n) is 15.9. The van der Waals surface area contributed by atoms with Crippen molar-refractivity contribution in [2.75, 3.05) is 27.2 Å². The zero-order chi connectivity index (χ0) is 18.5. The van der Waals surface area contributed by atoms with E-state index in [4.69, 9.17) is 4.74 Å². The third-order valence-electron chi connectivity index (χ3n) is 6.07. The van der Waals surface area contributed by atoms with Crippen LogP contribution in [0, 0.1) is 5.92 Å². The minimum absolute atomic E-state index is 0.0102. The molecule has 0 bridgehead atoms. The SMILES string of the molecule is COC(=O)C1CCC(N(C)C(=O)c2ccc(C3CCNCC3)cc2)CC1. The van der Waals surface area contributed by atoms with Crippen molar-refractivity contribution >= 4 is 11.9 Å². The lowest BCUT2D eigenvalue weighted by Gasteiger charge is -2.34. The Hall–Kier alpha value is -1.88. The van der Waals surface area contributed by atoms with Gasteiger partial charge in [0, 0.05) is 18.7 Å². The summed E-state index contributed by atoms with van der Waals surface area (Å²) in [5.41, 5.74) is 2.09. The van der Waals surface area contributed by atoms with Crippen molar-refractivity contribution < 1.29 is 14.3 Å². The van der Waals surface area contributed by atoms with Crippen molar-refractivity contribution in [3.05, 3.63) is 35.4 Å². The summed E-state index contributed by atoms with van der Waals surface area (Å²) in [6.45, 7) is 2.14. The van der Waals surface area contributed by atoms with Gasteiger partial charge < -0.3 is 15.0 Å². The second-order valence-corrected chi connectivity index (χ2v) is 7.59. The Kier molecular flexibility index (Phi) is 6.30. The Morgan fingerprint density at radius 1 is 1.00 bits per heavy atom. The molecule has 0 atom stereocenters. The first-order valence-electron chi connectivity index (χ1n) is 9.75. The molecule has 3 rings (SSSR count). The predicted molar refractivity (Wildman–Crippen MR) is 101 cm³/mol. The van der Waals surface area contributed by atoms with Crippen LogP contribution in [-0.2, 0) is 9.53 Å². The average molecular weight is 358 g/mol. The van der Waals surface area contributed by atoms with Crippen LogP contribution in [0.25, 0.3) is 0 Å². The van der Waals surface area contributed by atoms with Gasteiger partial charge in [0.25, 0.3) is 5.91 Å². The number of carbonyl (C=O) groups excluding carboxylic acids is 2. The topological polar surface area (TPSA) is 58.6 Å². The predicted octanol–water partition coefficient (Wildman–Crippen LogP) is 2.96. The third-order valence-corrected chi connectivity index (χ3v) is 6.07. The van der Waals surface area contributed by atoms with Crippen LogP contribution in [0.2, 0.25) is 0 Å². The number of methoxy groups -OCH3 is 1. The molecule has 1 aromatic rings. The van der Waals surface area contributed by atoms with Crippen LogP contribution in [-0.4, -0.2) is 50.1 Å². The molecule has 0 unspecified atom stereocenters. The van der Waals surface area contributed by atoms with E-state index in [1.165, 1.54) is 12.7 Å². The molecule has 0 spiro atoms. The fourth-order valence-electron chi connectivity index (χ4n) is 4.29. The Morgan fingerprint density at radius 3 is 2.19 bits per heavy atom. The highest BCUT2D eigenvalue weighted by Crippen LogP contribution is 2.29. The van der Waals surface area contributed by atoms with Crippen LogP contribution in [0.5, 0.6) is 0 Å². The Labute approximate surface area is 156 Å². The van der Waals surface area contributed by atoms with E-state index >= 15 is 0 Å². The second-order valence-electron chi connectivity index (χ2n) is 7.59. The maximum absolute atomic E-state index is 12.8. The standard InChI is InChI=1S/C21H30N2O3/c1-23(19-9-7-18(8-10-19)21(25)26-2)20(24)17-5-3-15(4-6-17)16-11-13-22-14-12-16/h3-6,16,18-19,22H,7-14H2,1-2H3. The van der Waals surface area contributed by atoms with Crippen molar-refractivity contribution in [3.63, 3.8) is 0 Å². The molecule has 142 valence electrons. The highest BCUT2D eigenvalue weighted by atomic mass is 16.5. The number of nitrogens with zero attached hydrogens (tertiary/aromatic N) is 1. The van der Waals surface area contributed by atoms with Gasteiger partial charge in [-0.1, -0.05) is 12.1 Å². The molecule has 5 heteroatoms. The van der Waals surface area contributed by atoms with Crippen molar-refractivity contribution in [1.29, 1.82) is 0 Å². The summed E-state index contributed by atoms with van der Waals surface area (Å²) in [4.78, 5) is 26.3. The van der Waals surface area contributed by atoms with E-state index in [1.807, 2.05) is 24.1 Å². The van der Waals surface area contributed by atoms with E-state index in [9.17, 15) is 9.59 Å². The summed E-state index contributed by atoms with van der Waals surface area (Å²) < 4.78 is 4.84. The molecule has 1 saturated carbocycles. The number of amides is 1. The second kappa shape index (κ2) is 8.67. The number of rotatable bonds is 4. The summed E-state index contributed by atoms with van der Waals surface area (Å²) in [5.74, 6) is 0.546. The molecule has 1 amide bonds. The molecule has 5 nitrogen and oxygen atoms in total. The molecular weight excluding hydrogens is 328 g/mol. The molecule has 1 aliphatic heterocycles. The number of carbonyl (C=O) groups is 2. The van der Waals surface area contributed by atoms with Gasteiger partial charge in [0.15, 0.2) is 0 Å². The van der Waals surface area contributed by atoms with Gasteiger partial charge in [0.1, 0.15) is 0 Å². The van der Waals surface area contributed by atoms with Gasteiger partial charge in [-0.25, -0.2) is 0 Å². The van der Waals surface area contributed by atoms with Gasteiger partial charge in [-0.15, -0.1) is 0 Å². The molecule has 26 heavy (non-hydrogen) atoms. The van der Waals surface area contributed by atoms with E-state index in [0.29, 0.717) is 5.92 Å². The highest BCUT2D eigenvalue weighted by molar-refractivity contribution is 5.94. The first kappa shape index (κ1) is 18.9. The number of benzene rings is 1. The largest absolute Gasteiger partial charge is 0.469 e. The summed E-state index contributed by atoms with van der Waals surface area (Å²) in [6, 6.07) is 8.37. The van der Waals surface area contributed by atoms with Gasteiger partial charge in [-0.2, -0.15) is 0 Å². The smallest absolute Gasteiger partial charge is 0.308 e. The van der Waals surface area contributed by atoms with Gasteiger partial charge in [-0.3, -0.25) is 9.59 Å². The zero-order valence-corrected chi connectivity index (χ0v) is 15.9. The third kappa shape index (κ3) is 4.26. The molecule has 1 saturated heterocycles. The number of nitrogens with one attached hydrogen (secondary N) is 1.